The summed E-state index contributed by atoms with van der Waals surface area (Å²) < 4.78 is 161. The van der Waals surface area contributed by atoms with E-state index in [1.165, 1.54) is 25.2 Å². The highest BCUT2D eigenvalue weighted by molar-refractivity contribution is 6.34. The van der Waals surface area contributed by atoms with Crippen LogP contribution in [0.5, 0.6) is 5.75 Å². The Hall–Kier alpha value is -5.29. The van der Waals surface area contributed by atoms with Crippen LogP contribution in [-0.2, 0) is 34.2 Å². The third-order valence-corrected chi connectivity index (χ3v) is 9.60. The molecule has 1 heterocycles. The zero-order valence-electron chi connectivity index (χ0n) is 34.3. The van der Waals surface area contributed by atoms with Gasteiger partial charge in [-0.25, -0.2) is 23.5 Å². The standard InChI is InChI=1S/C39H38Cl2F10N4O9/c1-33(2,3)64-29(57)10-9-28(56)60-18-34(4,5)19-61-32(59)62-20-54(35(52-6)11-12-35)31(58)24-13-21(7-8-25(24)40)22-16-53-55(17-22)30-26(41)14-23(15-27(30)63-39(49,50)51)36(42,37(43,44)45)38(46,47)48/h7-10,13-17,52H,11-12,18-20H2,1-6H3/b10-9+. The van der Waals surface area contributed by atoms with Gasteiger partial charge >= 0.3 is 42.5 Å². The number of ether oxygens (including phenoxy) is 5. The lowest BCUT2D eigenvalue weighted by atomic mass is 9.93. The number of carbonyl (C=O) groups excluding carboxylic acids is 4. The van der Waals surface area contributed by atoms with E-state index >= 15 is 0 Å². The lowest BCUT2D eigenvalue weighted by Crippen LogP contribution is -2.51. The molecule has 0 unspecified atom stereocenters. The second kappa shape index (κ2) is 18.7. The molecule has 1 aromatic heterocycles. The molecule has 1 saturated carbocycles. The maximum atomic E-state index is 14.9. The molecule has 0 bridgehead atoms. The Morgan fingerprint density at radius 2 is 1.41 bits per heavy atom. The predicted molar refractivity (Wildman–Crippen MR) is 205 cm³/mol. The average molecular weight is 968 g/mol. The molecule has 0 aliphatic heterocycles. The van der Waals surface area contributed by atoms with Gasteiger partial charge in [-0.3, -0.25) is 15.0 Å². The highest BCUT2D eigenvalue weighted by Crippen LogP contribution is 2.55. The number of halogens is 12. The Morgan fingerprint density at radius 1 is 0.812 bits per heavy atom. The van der Waals surface area contributed by atoms with Gasteiger partial charge in [-0.15, -0.1) is 13.2 Å². The summed E-state index contributed by atoms with van der Waals surface area (Å²) in [7, 11) is 1.53. The summed E-state index contributed by atoms with van der Waals surface area (Å²) in [4.78, 5) is 51.8. The molecular formula is C39H38Cl2F10N4O9. The number of rotatable bonds is 15. The maximum absolute atomic E-state index is 14.9. The molecule has 2 aromatic carbocycles. The van der Waals surface area contributed by atoms with Crippen LogP contribution in [0.1, 0.15) is 63.4 Å². The molecule has 0 saturated heterocycles. The molecule has 3 aromatic rings. The van der Waals surface area contributed by atoms with E-state index in [1.807, 2.05) is 0 Å². The first-order valence-corrected chi connectivity index (χ1v) is 19.1. The van der Waals surface area contributed by atoms with Crippen molar-refractivity contribution >= 4 is 47.2 Å². The fourth-order valence-corrected chi connectivity index (χ4v) is 6.18. The van der Waals surface area contributed by atoms with Crippen molar-refractivity contribution in [3.8, 4) is 22.6 Å². The normalized spacial score (nSPS) is 14.5. The summed E-state index contributed by atoms with van der Waals surface area (Å²) in [5, 5.41) is 5.38. The van der Waals surface area contributed by atoms with E-state index in [0.717, 1.165) is 29.4 Å². The van der Waals surface area contributed by atoms with Crippen LogP contribution >= 0.6 is 23.2 Å². The number of benzene rings is 2. The molecule has 4 rings (SSSR count). The Kier molecular flexibility index (Phi) is 15.0. The fraction of sp³-hybridized carbons (Fsp3) is 0.462. The highest BCUT2D eigenvalue weighted by Gasteiger charge is 2.73. The predicted octanol–water partition coefficient (Wildman–Crippen LogP) is 9.76. The van der Waals surface area contributed by atoms with Crippen molar-refractivity contribution in [3.63, 3.8) is 0 Å². The third-order valence-electron chi connectivity index (χ3n) is 8.99. The van der Waals surface area contributed by atoms with Crippen LogP contribution in [0, 0.1) is 5.41 Å². The zero-order chi connectivity index (χ0) is 48.4. The lowest BCUT2D eigenvalue weighted by Gasteiger charge is -2.31. The summed E-state index contributed by atoms with van der Waals surface area (Å²) in [6.45, 7) is 6.82. The summed E-state index contributed by atoms with van der Waals surface area (Å²) in [6, 6.07) is 3.15. The highest BCUT2D eigenvalue weighted by atomic mass is 35.5. The van der Waals surface area contributed by atoms with Crippen molar-refractivity contribution in [3.05, 3.63) is 76.0 Å². The van der Waals surface area contributed by atoms with E-state index < -0.39 is 99.9 Å². The van der Waals surface area contributed by atoms with E-state index in [9.17, 15) is 63.1 Å². The molecule has 25 heteroatoms. The molecule has 64 heavy (non-hydrogen) atoms. The average Bonchev–Trinajstić information content (AvgIpc) is 3.80. The van der Waals surface area contributed by atoms with Gasteiger partial charge in [0.2, 0.25) is 0 Å². The van der Waals surface area contributed by atoms with Crippen LogP contribution in [-0.4, -0.2) is 95.7 Å². The topological polar surface area (TPSA) is 148 Å². The summed E-state index contributed by atoms with van der Waals surface area (Å²) in [6.07, 6.45) is -15.9. The molecule has 1 aliphatic carbocycles. The molecule has 1 N–H and O–H groups in total. The lowest BCUT2D eigenvalue weighted by molar-refractivity contribution is -0.348. The van der Waals surface area contributed by atoms with Gasteiger partial charge < -0.3 is 23.7 Å². The number of nitrogens with one attached hydrogen (secondary N) is 1. The number of alkyl halides is 10. The van der Waals surface area contributed by atoms with Crippen molar-refractivity contribution in [2.75, 3.05) is 27.0 Å². The number of esters is 2. The first kappa shape index (κ1) is 51.3. The summed E-state index contributed by atoms with van der Waals surface area (Å²) in [5.41, 5.74) is -12.5. The van der Waals surface area contributed by atoms with E-state index in [4.69, 9.17) is 42.1 Å². The van der Waals surface area contributed by atoms with Crippen molar-refractivity contribution in [2.45, 2.75) is 83.1 Å². The molecule has 1 amide bonds. The van der Waals surface area contributed by atoms with E-state index in [2.05, 4.69) is 15.2 Å². The van der Waals surface area contributed by atoms with Crippen molar-refractivity contribution in [1.82, 2.24) is 20.0 Å². The minimum Gasteiger partial charge on any atom is -0.462 e. The first-order valence-electron chi connectivity index (χ1n) is 18.4. The van der Waals surface area contributed by atoms with Gasteiger partial charge in [0, 0.05) is 34.9 Å². The monoisotopic (exact) mass is 966 g/mol. The Morgan fingerprint density at radius 3 is 1.95 bits per heavy atom. The number of hydrogen-bond acceptors (Lipinski definition) is 11. The molecule has 1 fully saturated rings. The number of carbonyl (C=O) groups is 4. The van der Waals surface area contributed by atoms with Crippen LogP contribution < -0.4 is 10.1 Å². The SMILES string of the molecule is CNC1(N(COC(=O)OCC(C)(C)COC(=O)/C=C/C(=O)OC(C)(C)C)C(=O)c2cc(-c3cnn(-c4c(Cl)cc(C(F)(C(F)(F)F)C(F)(F)F)cc4OC(F)(F)F)c3)ccc2Cl)CC1. The molecule has 13 nitrogen and oxygen atoms in total. The molecule has 0 spiro atoms. The van der Waals surface area contributed by atoms with E-state index in [-0.39, 0.29) is 41.0 Å². The van der Waals surface area contributed by atoms with Gasteiger partial charge in [-0.2, -0.15) is 31.4 Å². The quantitative estimate of drug-likeness (QED) is 0.0511. The van der Waals surface area contributed by atoms with Crippen LogP contribution in [0.4, 0.5) is 48.7 Å². The third kappa shape index (κ3) is 12.5. The summed E-state index contributed by atoms with van der Waals surface area (Å²) in [5.74, 6) is -4.23. The van der Waals surface area contributed by atoms with Crippen LogP contribution in [0.15, 0.2) is 54.9 Å². The van der Waals surface area contributed by atoms with Gasteiger partial charge in [-0.05, 0) is 70.5 Å². The second-order valence-corrected chi connectivity index (χ2v) is 16.7. The molecular weight excluding hydrogens is 929 g/mol. The largest absolute Gasteiger partial charge is 0.573 e. The molecule has 1 aliphatic rings. The van der Waals surface area contributed by atoms with Gasteiger partial charge in [0.1, 0.15) is 17.9 Å². The van der Waals surface area contributed by atoms with Crippen LogP contribution in [0.3, 0.4) is 0 Å². The van der Waals surface area contributed by atoms with E-state index in [0.29, 0.717) is 17.5 Å². The number of aromatic nitrogens is 2. The molecule has 0 atom stereocenters. The molecule has 0 radical (unpaired) electrons. The number of hydrogen-bond donors (Lipinski definition) is 1. The van der Waals surface area contributed by atoms with Crippen LogP contribution in [0.2, 0.25) is 10.0 Å². The molecule has 352 valence electrons. The van der Waals surface area contributed by atoms with Crippen LogP contribution in [0.25, 0.3) is 16.8 Å². The maximum Gasteiger partial charge on any atom is 0.573 e. The number of amides is 1. The first-order chi connectivity index (χ1) is 29.2. The van der Waals surface area contributed by atoms with E-state index in [1.54, 1.807) is 34.6 Å². The van der Waals surface area contributed by atoms with Gasteiger partial charge in [-0.1, -0.05) is 43.1 Å². The minimum absolute atomic E-state index is 0.0253. The second-order valence-electron chi connectivity index (χ2n) is 15.8. The van der Waals surface area contributed by atoms with Crippen molar-refractivity contribution in [2.24, 2.45) is 5.41 Å². The Labute approximate surface area is 367 Å². The van der Waals surface area contributed by atoms with Gasteiger partial charge in [0.05, 0.1) is 34.1 Å². The Balaban J connectivity index is 1.54. The number of nitrogens with zero attached hydrogens (tertiary/aromatic N) is 3. The van der Waals surface area contributed by atoms with Crippen molar-refractivity contribution < 1.29 is 86.8 Å². The minimum atomic E-state index is -6.70. The summed E-state index contributed by atoms with van der Waals surface area (Å²) >= 11 is 12.4. The fourth-order valence-electron chi connectivity index (χ4n) is 5.69. The zero-order valence-corrected chi connectivity index (χ0v) is 35.8. The smallest absolute Gasteiger partial charge is 0.462 e. The van der Waals surface area contributed by atoms with Gasteiger partial charge in [0.25, 0.3) is 5.91 Å². The Bertz CT molecular complexity index is 2250. The van der Waals surface area contributed by atoms with Gasteiger partial charge in [0.15, 0.2) is 12.5 Å². The van der Waals surface area contributed by atoms with Crippen molar-refractivity contribution in [1.29, 1.82) is 0 Å².